The van der Waals surface area contributed by atoms with Crippen LogP contribution < -0.4 is 10.9 Å². The van der Waals surface area contributed by atoms with Crippen LogP contribution in [0.15, 0.2) is 45.4 Å². The summed E-state index contributed by atoms with van der Waals surface area (Å²) in [5.41, 5.74) is 2.43. The molecule has 1 aromatic carbocycles. The van der Waals surface area contributed by atoms with E-state index in [2.05, 4.69) is 38.0 Å². The van der Waals surface area contributed by atoms with Gasteiger partial charge in [0, 0.05) is 0 Å². The van der Waals surface area contributed by atoms with Gasteiger partial charge in [-0.2, -0.15) is 10.1 Å². The number of para-hydroxylation sites is 1. The summed E-state index contributed by atoms with van der Waals surface area (Å²) in [4.78, 5) is 16.2. The Bertz CT molecular complexity index is 926. The highest BCUT2D eigenvalue weighted by molar-refractivity contribution is 14.1. The summed E-state index contributed by atoms with van der Waals surface area (Å²) >= 11 is 2.19. The van der Waals surface area contributed by atoms with Gasteiger partial charge >= 0.3 is 0 Å². The van der Waals surface area contributed by atoms with Crippen molar-refractivity contribution < 1.29 is 0 Å². The van der Waals surface area contributed by atoms with Crippen LogP contribution in [-0.2, 0) is 0 Å². The summed E-state index contributed by atoms with van der Waals surface area (Å²) in [6, 6.07) is 9.76. The molecule has 1 aliphatic rings. The molecule has 0 spiro atoms. The molecule has 6 nitrogen and oxygen atoms in total. The zero-order chi connectivity index (χ0) is 14.4. The predicted molar refractivity (Wildman–Crippen MR) is 89.9 cm³/mol. The summed E-state index contributed by atoms with van der Waals surface area (Å²) in [5.74, 6) is 0.563. The molecule has 0 radical (unpaired) electrons. The van der Waals surface area contributed by atoms with Crippen LogP contribution in [0.3, 0.4) is 0 Å². The summed E-state index contributed by atoms with van der Waals surface area (Å²) in [6.07, 6.45) is 1.58. The summed E-state index contributed by atoms with van der Waals surface area (Å²) in [7, 11) is 0. The molecule has 0 fully saturated rings. The highest BCUT2D eigenvalue weighted by atomic mass is 127. The molecule has 0 bridgehead atoms. The van der Waals surface area contributed by atoms with E-state index in [9.17, 15) is 4.79 Å². The van der Waals surface area contributed by atoms with E-state index in [4.69, 9.17) is 0 Å². The molecule has 0 unspecified atom stereocenters. The van der Waals surface area contributed by atoms with E-state index in [1.807, 2.05) is 39.0 Å². The summed E-state index contributed by atoms with van der Waals surface area (Å²) in [6.45, 7) is 0.647. The molecule has 0 amide bonds. The Morgan fingerprint density at radius 2 is 2.10 bits per heavy atom. The third kappa shape index (κ3) is 1.80. The quantitative estimate of drug-likeness (QED) is 0.647. The maximum atomic E-state index is 12.1. The van der Waals surface area contributed by atoms with Gasteiger partial charge in [-0.25, -0.2) is 4.68 Å². The van der Waals surface area contributed by atoms with Gasteiger partial charge in [-0.15, -0.1) is 0 Å². The molecular weight excluding hydrogens is 381 g/mol. The Labute approximate surface area is 133 Å². The number of hydrogen-bond donors (Lipinski definition) is 1. The first-order valence-electron chi connectivity index (χ1n) is 6.39. The minimum Gasteiger partial charge on any atom is -0.350 e. The average Bonchev–Trinajstić information content (AvgIpc) is 3.11. The van der Waals surface area contributed by atoms with Crippen molar-refractivity contribution in [3.63, 3.8) is 0 Å². The number of aromatic nitrogens is 4. The van der Waals surface area contributed by atoms with Crippen LogP contribution in [0.25, 0.3) is 22.4 Å². The van der Waals surface area contributed by atoms with Crippen LogP contribution in [-0.4, -0.2) is 25.9 Å². The fourth-order valence-corrected chi connectivity index (χ4v) is 3.00. The van der Waals surface area contributed by atoms with Gasteiger partial charge in [0.15, 0.2) is 5.65 Å². The molecule has 3 aromatic rings. The van der Waals surface area contributed by atoms with E-state index < -0.39 is 0 Å². The van der Waals surface area contributed by atoms with Gasteiger partial charge in [-0.1, -0.05) is 40.8 Å². The topological polar surface area (TPSA) is 64.7 Å². The lowest BCUT2D eigenvalue weighted by Crippen LogP contribution is -2.13. The maximum Gasteiger partial charge on any atom is 0.285 e. The van der Waals surface area contributed by atoms with Gasteiger partial charge in [0.05, 0.1) is 24.1 Å². The number of rotatable bonds is 1. The molecule has 0 aliphatic carbocycles. The molecule has 21 heavy (non-hydrogen) atoms. The Hall–Kier alpha value is -2.16. The molecule has 0 saturated carbocycles. The van der Waals surface area contributed by atoms with E-state index in [0.717, 1.165) is 17.0 Å². The van der Waals surface area contributed by atoms with E-state index in [1.54, 1.807) is 10.9 Å². The lowest BCUT2D eigenvalue weighted by atomic mass is 10.3. The third-order valence-corrected chi connectivity index (χ3v) is 4.17. The number of hydrogen-bond acceptors (Lipinski definition) is 4. The number of benzene rings is 1. The van der Waals surface area contributed by atoms with Crippen molar-refractivity contribution in [3.8, 4) is 5.69 Å². The van der Waals surface area contributed by atoms with Crippen molar-refractivity contribution in [2.75, 3.05) is 11.9 Å². The van der Waals surface area contributed by atoms with Crippen molar-refractivity contribution in [1.29, 1.82) is 0 Å². The fraction of sp³-hybridized carbons (Fsp3) is 0.0714. The van der Waals surface area contributed by atoms with Crippen LogP contribution in [0.5, 0.6) is 0 Å². The van der Waals surface area contributed by atoms with Crippen molar-refractivity contribution in [3.05, 3.63) is 51.0 Å². The molecule has 0 atom stereocenters. The number of halogens is 1. The fourth-order valence-electron chi connectivity index (χ4n) is 2.50. The first kappa shape index (κ1) is 12.6. The summed E-state index contributed by atoms with van der Waals surface area (Å²) in [5, 5.41) is 8.03. The molecule has 1 N–H and O–H groups in total. The predicted octanol–water partition coefficient (Wildman–Crippen LogP) is 2.24. The van der Waals surface area contributed by atoms with Crippen LogP contribution >= 0.6 is 22.6 Å². The second kappa shape index (κ2) is 4.69. The minimum absolute atomic E-state index is 0.263. The monoisotopic (exact) mass is 391 g/mol. The normalized spacial score (nSPS) is 15.4. The molecule has 2 aromatic heterocycles. The SMILES string of the molecule is O=c1nc2n(c3c1cnn3-c1ccccc1)C(=CI)CN2. The highest BCUT2D eigenvalue weighted by Gasteiger charge is 2.23. The first-order chi connectivity index (χ1) is 10.3. The van der Waals surface area contributed by atoms with Gasteiger partial charge in [-0.05, 0) is 16.2 Å². The first-order valence-corrected chi connectivity index (χ1v) is 7.64. The van der Waals surface area contributed by atoms with Gasteiger partial charge in [-0.3, -0.25) is 9.36 Å². The second-order valence-electron chi connectivity index (χ2n) is 4.66. The van der Waals surface area contributed by atoms with Gasteiger partial charge < -0.3 is 5.32 Å². The lowest BCUT2D eigenvalue weighted by molar-refractivity contribution is 0.880. The molecule has 1 aliphatic heterocycles. The third-order valence-electron chi connectivity index (χ3n) is 3.45. The highest BCUT2D eigenvalue weighted by Crippen LogP contribution is 2.27. The molecule has 0 saturated heterocycles. The average molecular weight is 391 g/mol. The van der Waals surface area contributed by atoms with Crippen LogP contribution in [0.2, 0.25) is 0 Å². The van der Waals surface area contributed by atoms with Crippen molar-refractivity contribution in [2.45, 2.75) is 0 Å². The number of nitrogens with one attached hydrogen (secondary N) is 1. The van der Waals surface area contributed by atoms with Crippen molar-refractivity contribution in [2.24, 2.45) is 0 Å². The molecule has 104 valence electrons. The van der Waals surface area contributed by atoms with Crippen molar-refractivity contribution >= 4 is 45.3 Å². The van der Waals surface area contributed by atoms with E-state index in [0.29, 0.717) is 17.9 Å². The maximum absolute atomic E-state index is 12.1. The number of nitrogens with zero attached hydrogens (tertiary/aromatic N) is 4. The zero-order valence-electron chi connectivity index (χ0n) is 10.8. The van der Waals surface area contributed by atoms with Crippen molar-refractivity contribution in [1.82, 2.24) is 19.3 Å². The Balaban J connectivity index is 2.14. The largest absolute Gasteiger partial charge is 0.350 e. The Kier molecular flexibility index (Phi) is 2.81. The van der Waals surface area contributed by atoms with E-state index >= 15 is 0 Å². The van der Waals surface area contributed by atoms with E-state index in [-0.39, 0.29) is 5.56 Å². The molecule has 7 heteroatoms. The van der Waals surface area contributed by atoms with Crippen LogP contribution in [0, 0.1) is 0 Å². The van der Waals surface area contributed by atoms with Gasteiger partial charge in [0.2, 0.25) is 5.95 Å². The Morgan fingerprint density at radius 3 is 2.86 bits per heavy atom. The number of anilines is 1. The standard InChI is InChI=1S/C14H10IN5O/c15-6-10-7-16-14-18-12(21)11-8-17-20(13(11)19(10)14)9-4-2-1-3-5-9/h1-6,8H,7H2,(H,16,18,21). The van der Waals surface area contributed by atoms with Gasteiger partial charge in [0.1, 0.15) is 5.39 Å². The minimum atomic E-state index is -0.263. The zero-order valence-corrected chi connectivity index (χ0v) is 13.0. The molecular formula is C14H10IN5O. The van der Waals surface area contributed by atoms with Crippen LogP contribution in [0.4, 0.5) is 5.95 Å². The molecule has 3 heterocycles. The van der Waals surface area contributed by atoms with Gasteiger partial charge in [0.25, 0.3) is 5.56 Å². The number of fused-ring (bicyclic) bond motifs is 3. The lowest BCUT2D eigenvalue weighted by Gasteiger charge is -2.09. The molecule has 4 rings (SSSR count). The Morgan fingerprint density at radius 1 is 1.29 bits per heavy atom. The van der Waals surface area contributed by atoms with Crippen LogP contribution in [0.1, 0.15) is 0 Å². The smallest absolute Gasteiger partial charge is 0.285 e. The second-order valence-corrected chi connectivity index (χ2v) is 5.28. The van der Waals surface area contributed by atoms with E-state index in [1.165, 1.54) is 0 Å². The summed E-state index contributed by atoms with van der Waals surface area (Å²) < 4.78 is 5.70.